The van der Waals surface area contributed by atoms with Crippen molar-refractivity contribution >= 4 is 12.0 Å². The molecule has 9 nitrogen and oxygen atoms in total. The van der Waals surface area contributed by atoms with Gasteiger partial charge in [-0.15, -0.1) is 0 Å². The first kappa shape index (κ1) is 33.2. The Morgan fingerprint density at radius 2 is 1.66 bits per heavy atom. The summed E-state index contributed by atoms with van der Waals surface area (Å²) in [5.41, 5.74) is -0.689. The summed E-state index contributed by atoms with van der Waals surface area (Å²) < 4.78 is 25.7. The molecule has 0 aliphatic carbocycles. The lowest BCUT2D eigenvalue weighted by Gasteiger charge is -2.53. The zero-order chi connectivity index (χ0) is 31.8. The molecular weight excluding hydrogens is 560 g/mol. The fourth-order valence-electron chi connectivity index (χ4n) is 7.59. The maximum atomic E-state index is 13.7. The van der Waals surface area contributed by atoms with Gasteiger partial charge in [-0.05, 0) is 96.0 Å². The van der Waals surface area contributed by atoms with Gasteiger partial charge in [-0.2, -0.15) is 0 Å². The van der Waals surface area contributed by atoms with E-state index in [4.69, 9.17) is 18.9 Å². The van der Waals surface area contributed by atoms with E-state index in [0.717, 1.165) is 44.1 Å². The second-order valence-corrected chi connectivity index (χ2v) is 15.2. The van der Waals surface area contributed by atoms with Crippen LogP contribution in [0.25, 0.3) is 0 Å². The molecule has 4 heterocycles. The van der Waals surface area contributed by atoms with E-state index in [1.807, 2.05) is 49.1 Å². The largest absolute Gasteiger partial charge is 0.445 e. The maximum Gasteiger partial charge on any atom is 0.408 e. The molecule has 0 aromatic heterocycles. The summed E-state index contributed by atoms with van der Waals surface area (Å²) in [5.74, 6) is 0.181. The topological polar surface area (TPSA) is 107 Å². The second-order valence-electron chi connectivity index (χ2n) is 15.2. The average Bonchev–Trinajstić information content (AvgIpc) is 3.14. The first-order valence-corrected chi connectivity index (χ1v) is 16.7. The summed E-state index contributed by atoms with van der Waals surface area (Å²) in [5, 5.41) is 13.6. The number of alkyl carbamates (subject to hydrolysis) is 1. The predicted molar refractivity (Wildman–Crippen MR) is 167 cm³/mol. The second kappa shape index (κ2) is 12.9. The van der Waals surface area contributed by atoms with Crippen LogP contribution in [0.5, 0.6) is 0 Å². The van der Waals surface area contributed by atoms with Crippen LogP contribution in [-0.2, 0) is 30.3 Å². The Kier molecular flexibility index (Phi) is 9.72. The third kappa shape index (κ3) is 7.27. The van der Waals surface area contributed by atoms with Gasteiger partial charge in [0.05, 0.1) is 41.7 Å². The van der Waals surface area contributed by atoms with Crippen molar-refractivity contribution in [1.29, 1.82) is 0 Å². The molecule has 1 spiro atoms. The molecule has 4 fully saturated rings. The molecular formula is C35H54N2O7. The van der Waals surface area contributed by atoms with Crippen LogP contribution in [0.3, 0.4) is 0 Å². The van der Waals surface area contributed by atoms with E-state index in [-0.39, 0.29) is 36.1 Å². The number of piperidine rings is 1. The van der Waals surface area contributed by atoms with Gasteiger partial charge in [-0.25, -0.2) is 4.79 Å². The highest BCUT2D eigenvalue weighted by molar-refractivity contribution is 5.85. The summed E-state index contributed by atoms with van der Waals surface area (Å²) in [6.45, 7) is 14.4. The number of amides is 2. The van der Waals surface area contributed by atoms with Gasteiger partial charge in [-0.3, -0.25) is 4.79 Å². The summed E-state index contributed by atoms with van der Waals surface area (Å²) in [4.78, 5) is 28.3. The Morgan fingerprint density at radius 1 is 0.977 bits per heavy atom. The Bertz CT molecular complexity index is 1150. The van der Waals surface area contributed by atoms with E-state index in [1.54, 1.807) is 0 Å². The molecule has 4 saturated heterocycles. The van der Waals surface area contributed by atoms with Gasteiger partial charge < -0.3 is 34.3 Å². The van der Waals surface area contributed by atoms with E-state index >= 15 is 0 Å². The summed E-state index contributed by atoms with van der Waals surface area (Å²) in [6, 6.07) is 8.90. The minimum absolute atomic E-state index is 0.0513. The van der Waals surface area contributed by atoms with Crippen molar-refractivity contribution in [3.05, 3.63) is 35.9 Å². The Morgan fingerprint density at radius 3 is 2.34 bits per heavy atom. The standard InChI is InChI=1S/C35H54N2O7/c1-24(2)20-26(36-31(40)41-22-25-10-8-7-9-11-25)30(39)37-18-16-35(17-19-37)21-29-33(5,42-23-35)15-13-28-34(6,44-29)14-12-27(38)32(3,4)43-28/h7-11,24,26-29,38H,12-23H2,1-6H3,(H,36,40)/t26-,27+,28+,29+,33-,34-/m0/s1. The van der Waals surface area contributed by atoms with Gasteiger partial charge in [-0.1, -0.05) is 44.2 Å². The van der Waals surface area contributed by atoms with E-state index in [9.17, 15) is 14.7 Å². The van der Waals surface area contributed by atoms with E-state index < -0.39 is 35.0 Å². The van der Waals surface area contributed by atoms with Crippen molar-refractivity contribution < 1.29 is 33.6 Å². The molecule has 1 aromatic rings. The van der Waals surface area contributed by atoms with Crippen molar-refractivity contribution in [2.45, 2.75) is 141 Å². The molecule has 1 aromatic carbocycles. The fraction of sp³-hybridized carbons (Fsp3) is 0.771. The third-order valence-corrected chi connectivity index (χ3v) is 10.8. The molecule has 4 aliphatic heterocycles. The summed E-state index contributed by atoms with van der Waals surface area (Å²) in [7, 11) is 0. The van der Waals surface area contributed by atoms with E-state index in [1.165, 1.54) is 0 Å². The number of aliphatic hydroxyl groups is 1. The molecule has 4 aliphatic rings. The number of nitrogens with zero attached hydrogens (tertiary/aromatic N) is 1. The highest BCUT2D eigenvalue weighted by Gasteiger charge is 2.57. The first-order valence-electron chi connectivity index (χ1n) is 16.7. The van der Waals surface area contributed by atoms with Crippen LogP contribution >= 0.6 is 0 Å². The molecule has 44 heavy (non-hydrogen) atoms. The SMILES string of the molecule is CC(C)C[C@H](NC(=O)OCc1ccccc1)C(=O)N1CCC2(CC1)CO[C@@]1(C)CC[C@H]3OC(C)(C)[C@H](O)CC[C@]3(C)O[C@@H]1C2. The normalized spacial score (nSPS) is 33.8. The number of aliphatic hydroxyl groups excluding tert-OH is 1. The van der Waals surface area contributed by atoms with Crippen LogP contribution in [-0.4, -0.2) is 82.9 Å². The zero-order valence-electron chi connectivity index (χ0n) is 27.6. The average molecular weight is 615 g/mol. The number of likely N-dealkylation sites (tertiary alicyclic amines) is 1. The fourth-order valence-corrected chi connectivity index (χ4v) is 7.59. The number of hydrogen-bond acceptors (Lipinski definition) is 7. The Labute approximate surface area is 263 Å². The molecule has 5 rings (SSSR count). The number of hydrogen-bond donors (Lipinski definition) is 2. The molecule has 0 unspecified atom stereocenters. The number of rotatable bonds is 6. The number of benzene rings is 1. The lowest BCUT2D eigenvalue weighted by atomic mass is 9.69. The number of ether oxygens (including phenoxy) is 4. The van der Waals surface area contributed by atoms with Gasteiger partial charge >= 0.3 is 6.09 Å². The van der Waals surface area contributed by atoms with Crippen LogP contribution in [0.2, 0.25) is 0 Å². The van der Waals surface area contributed by atoms with Crippen LogP contribution in [0, 0.1) is 11.3 Å². The smallest absolute Gasteiger partial charge is 0.408 e. The quantitative estimate of drug-likeness (QED) is 0.444. The molecule has 0 saturated carbocycles. The highest BCUT2D eigenvalue weighted by Crippen LogP contribution is 2.51. The Balaban J connectivity index is 1.20. The molecule has 9 heteroatoms. The van der Waals surface area contributed by atoms with Gasteiger partial charge in [0, 0.05) is 13.1 Å². The molecule has 246 valence electrons. The van der Waals surface area contributed by atoms with E-state index in [0.29, 0.717) is 32.5 Å². The number of carbonyl (C=O) groups excluding carboxylic acids is 2. The van der Waals surface area contributed by atoms with Crippen molar-refractivity contribution in [2.75, 3.05) is 19.7 Å². The predicted octanol–water partition coefficient (Wildman–Crippen LogP) is 5.37. The monoisotopic (exact) mass is 614 g/mol. The van der Waals surface area contributed by atoms with Gasteiger partial charge in [0.2, 0.25) is 5.91 Å². The van der Waals surface area contributed by atoms with Crippen molar-refractivity contribution in [1.82, 2.24) is 10.2 Å². The van der Waals surface area contributed by atoms with Gasteiger partial charge in [0.25, 0.3) is 0 Å². The molecule has 0 radical (unpaired) electrons. The summed E-state index contributed by atoms with van der Waals surface area (Å²) >= 11 is 0. The third-order valence-electron chi connectivity index (χ3n) is 10.8. The number of fused-ring (bicyclic) bond motifs is 2. The van der Waals surface area contributed by atoms with Crippen LogP contribution in [0.4, 0.5) is 4.79 Å². The van der Waals surface area contributed by atoms with E-state index in [2.05, 4.69) is 33.0 Å². The minimum Gasteiger partial charge on any atom is -0.445 e. The minimum atomic E-state index is -0.630. The molecule has 2 amide bonds. The van der Waals surface area contributed by atoms with Crippen molar-refractivity contribution in [3.63, 3.8) is 0 Å². The number of nitrogens with one attached hydrogen (secondary N) is 1. The van der Waals surface area contributed by atoms with Gasteiger partial charge in [0.1, 0.15) is 12.6 Å². The van der Waals surface area contributed by atoms with Crippen LogP contribution < -0.4 is 5.32 Å². The molecule has 0 bridgehead atoms. The molecule has 2 N–H and O–H groups in total. The maximum absolute atomic E-state index is 13.7. The number of carbonyl (C=O) groups is 2. The van der Waals surface area contributed by atoms with Crippen LogP contribution in [0.1, 0.15) is 98.5 Å². The zero-order valence-corrected chi connectivity index (χ0v) is 27.6. The van der Waals surface area contributed by atoms with Crippen molar-refractivity contribution in [3.8, 4) is 0 Å². The molecule has 6 atom stereocenters. The highest BCUT2D eigenvalue weighted by atomic mass is 16.6. The van der Waals surface area contributed by atoms with Gasteiger partial charge in [0.15, 0.2) is 0 Å². The lowest BCUT2D eigenvalue weighted by Crippen LogP contribution is -2.59. The van der Waals surface area contributed by atoms with Crippen LogP contribution in [0.15, 0.2) is 30.3 Å². The first-order chi connectivity index (χ1) is 20.7. The lowest BCUT2D eigenvalue weighted by molar-refractivity contribution is -0.250. The summed E-state index contributed by atoms with van der Waals surface area (Å²) in [6.07, 6.45) is 4.80. The van der Waals surface area contributed by atoms with Crippen molar-refractivity contribution in [2.24, 2.45) is 11.3 Å². The Hall–Kier alpha value is -2.20.